The monoisotopic (exact) mass is 277 g/mol. The second-order valence-electron chi connectivity index (χ2n) is 4.31. The first-order valence-corrected chi connectivity index (χ1v) is 6.18. The zero-order valence-electron chi connectivity index (χ0n) is 10.4. The van der Waals surface area contributed by atoms with Gasteiger partial charge >= 0.3 is 0 Å². The summed E-state index contributed by atoms with van der Waals surface area (Å²) in [7, 11) is 1.89. The lowest BCUT2D eigenvalue weighted by Gasteiger charge is -2.21. The molecule has 0 aromatic heterocycles. The number of benzene rings is 2. The fourth-order valence-corrected chi connectivity index (χ4v) is 2.19. The molecule has 19 heavy (non-hydrogen) atoms. The predicted octanol–water partition coefficient (Wildman–Crippen LogP) is 3.93. The van der Waals surface area contributed by atoms with Gasteiger partial charge in [-0.2, -0.15) is 0 Å². The molecule has 98 valence electrons. The molecular weight excluding hydrogens is 265 g/mol. The van der Waals surface area contributed by atoms with Gasteiger partial charge in [-0.05, 0) is 35.9 Å². The Kier molecular flexibility index (Phi) is 4.17. The first-order valence-electron chi connectivity index (χ1n) is 5.80. The van der Waals surface area contributed by atoms with Gasteiger partial charge in [0.05, 0.1) is 10.7 Å². The van der Waals surface area contributed by atoms with Crippen LogP contribution >= 0.6 is 11.6 Å². The van der Waals surface area contributed by atoms with Crippen LogP contribution < -0.4 is 4.90 Å². The smallest absolute Gasteiger partial charge is 0.150 e. The third-order valence-corrected chi connectivity index (χ3v) is 3.15. The molecule has 0 radical (unpaired) electrons. The zero-order chi connectivity index (χ0) is 13.8. The highest BCUT2D eigenvalue weighted by atomic mass is 35.5. The van der Waals surface area contributed by atoms with Crippen LogP contribution in [0.25, 0.3) is 0 Å². The highest BCUT2D eigenvalue weighted by molar-refractivity contribution is 6.33. The van der Waals surface area contributed by atoms with Crippen molar-refractivity contribution in [1.29, 1.82) is 0 Å². The third-order valence-electron chi connectivity index (χ3n) is 2.85. The number of anilines is 1. The number of carbonyl (C=O) groups excluding carboxylic acids is 1. The molecule has 0 atom stereocenters. The van der Waals surface area contributed by atoms with E-state index in [1.807, 2.05) is 11.9 Å². The molecule has 0 aliphatic carbocycles. The summed E-state index contributed by atoms with van der Waals surface area (Å²) in [6, 6.07) is 11.5. The van der Waals surface area contributed by atoms with E-state index in [-0.39, 0.29) is 5.82 Å². The van der Waals surface area contributed by atoms with Crippen molar-refractivity contribution >= 4 is 23.6 Å². The van der Waals surface area contributed by atoms with Crippen molar-refractivity contribution in [3.8, 4) is 0 Å². The van der Waals surface area contributed by atoms with Crippen molar-refractivity contribution in [2.45, 2.75) is 6.54 Å². The van der Waals surface area contributed by atoms with Gasteiger partial charge < -0.3 is 4.90 Å². The lowest BCUT2D eigenvalue weighted by atomic mass is 10.1. The van der Waals surface area contributed by atoms with Crippen LogP contribution in [0.4, 0.5) is 10.1 Å². The Labute approximate surface area is 116 Å². The largest absolute Gasteiger partial charge is 0.369 e. The SMILES string of the molecule is CN(Cc1ccc(F)cc1)c1ccc(C=O)cc1Cl. The van der Waals surface area contributed by atoms with E-state index in [0.29, 0.717) is 17.1 Å². The first kappa shape index (κ1) is 13.6. The minimum atomic E-state index is -0.250. The summed E-state index contributed by atoms with van der Waals surface area (Å²) >= 11 is 6.13. The van der Waals surface area contributed by atoms with E-state index in [1.54, 1.807) is 30.3 Å². The lowest BCUT2D eigenvalue weighted by molar-refractivity contribution is 0.112. The number of rotatable bonds is 4. The van der Waals surface area contributed by atoms with Gasteiger partial charge in [0.1, 0.15) is 12.1 Å². The van der Waals surface area contributed by atoms with Gasteiger partial charge in [0.2, 0.25) is 0 Å². The molecule has 4 heteroatoms. The predicted molar refractivity (Wildman–Crippen MR) is 75.3 cm³/mol. The van der Waals surface area contributed by atoms with Gasteiger partial charge in [0, 0.05) is 19.2 Å². The second kappa shape index (κ2) is 5.85. The number of hydrogen-bond acceptors (Lipinski definition) is 2. The Bertz CT molecular complexity index is 583. The van der Waals surface area contributed by atoms with Crippen LogP contribution in [0.1, 0.15) is 15.9 Å². The minimum absolute atomic E-state index is 0.250. The average Bonchev–Trinajstić information content (AvgIpc) is 2.41. The molecule has 0 spiro atoms. The fourth-order valence-electron chi connectivity index (χ4n) is 1.85. The number of aldehydes is 1. The van der Waals surface area contributed by atoms with Crippen molar-refractivity contribution < 1.29 is 9.18 Å². The molecule has 0 saturated heterocycles. The maximum absolute atomic E-state index is 12.8. The van der Waals surface area contributed by atoms with E-state index in [2.05, 4.69) is 0 Å². The van der Waals surface area contributed by atoms with Crippen molar-refractivity contribution in [3.05, 3.63) is 64.4 Å². The maximum atomic E-state index is 12.8. The summed E-state index contributed by atoms with van der Waals surface area (Å²) in [6.07, 6.45) is 0.760. The van der Waals surface area contributed by atoms with Crippen LogP contribution in [0, 0.1) is 5.82 Å². The minimum Gasteiger partial charge on any atom is -0.369 e. The molecule has 0 bridgehead atoms. The average molecular weight is 278 g/mol. The Morgan fingerprint density at radius 2 is 1.89 bits per heavy atom. The second-order valence-corrected chi connectivity index (χ2v) is 4.72. The molecule has 2 aromatic carbocycles. The van der Waals surface area contributed by atoms with Gasteiger partial charge in [-0.3, -0.25) is 4.79 Å². The standard InChI is InChI=1S/C15H13ClFNO/c1-18(9-11-2-5-13(17)6-3-11)15-7-4-12(10-19)8-14(15)16/h2-8,10H,9H2,1H3. The number of halogens is 2. The molecule has 0 unspecified atom stereocenters. The quantitative estimate of drug-likeness (QED) is 0.789. The zero-order valence-corrected chi connectivity index (χ0v) is 11.2. The number of carbonyl (C=O) groups is 1. The summed E-state index contributed by atoms with van der Waals surface area (Å²) in [4.78, 5) is 12.6. The summed E-state index contributed by atoms with van der Waals surface area (Å²) < 4.78 is 12.8. The van der Waals surface area contributed by atoms with Crippen LogP contribution in [0.15, 0.2) is 42.5 Å². The van der Waals surface area contributed by atoms with Crippen molar-refractivity contribution in [1.82, 2.24) is 0 Å². The van der Waals surface area contributed by atoms with E-state index in [9.17, 15) is 9.18 Å². The van der Waals surface area contributed by atoms with Crippen molar-refractivity contribution in [3.63, 3.8) is 0 Å². The van der Waals surface area contributed by atoms with Gasteiger partial charge in [-0.15, -0.1) is 0 Å². The summed E-state index contributed by atoms with van der Waals surface area (Å²) in [5, 5.41) is 0.522. The Hall–Kier alpha value is -1.87. The van der Waals surface area contributed by atoms with Crippen LogP contribution in [-0.4, -0.2) is 13.3 Å². The van der Waals surface area contributed by atoms with Crippen LogP contribution in [0.5, 0.6) is 0 Å². The van der Waals surface area contributed by atoms with Crippen molar-refractivity contribution in [2.24, 2.45) is 0 Å². The summed E-state index contributed by atoms with van der Waals surface area (Å²) in [6.45, 7) is 0.612. The number of hydrogen-bond donors (Lipinski definition) is 0. The molecule has 0 heterocycles. The molecule has 0 aliphatic rings. The van der Waals surface area contributed by atoms with Crippen LogP contribution in [0.2, 0.25) is 5.02 Å². The van der Waals surface area contributed by atoms with E-state index < -0.39 is 0 Å². The van der Waals surface area contributed by atoms with E-state index in [1.165, 1.54) is 12.1 Å². The van der Waals surface area contributed by atoms with Crippen LogP contribution in [0.3, 0.4) is 0 Å². The van der Waals surface area contributed by atoms with Crippen molar-refractivity contribution in [2.75, 3.05) is 11.9 Å². The molecule has 2 nitrogen and oxygen atoms in total. The van der Waals surface area contributed by atoms with Gasteiger partial charge in [0.25, 0.3) is 0 Å². The molecule has 0 aliphatic heterocycles. The maximum Gasteiger partial charge on any atom is 0.150 e. The summed E-state index contributed by atoms with van der Waals surface area (Å²) in [5.74, 6) is -0.250. The Balaban J connectivity index is 2.17. The highest BCUT2D eigenvalue weighted by Gasteiger charge is 2.07. The van der Waals surface area contributed by atoms with E-state index in [0.717, 1.165) is 17.5 Å². The Morgan fingerprint density at radius 3 is 2.47 bits per heavy atom. The molecule has 0 fully saturated rings. The fraction of sp³-hybridized carbons (Fsp3) is 0.133. The molecule has 0 amide bonds. The molecule has 2 aromatic rings. The van der Waals surface area contributed by atoms with E-state index >= 15 is 0 Å². The topological polar surface area (TPSA) is 20.3 Å². The van der Waals surface area contributed by atoms with Gasteiger partial charge in [-0.25, -0.2) is 4.39 Å². The molecule has 0 N–H and O–H groups in total. The Morgan fingerprint density at radius 1 is 1.21 bits per heavy atom. The van der Waals surface area contributed by atoms with Gasteiger partial charge in [0.15, 0.2) is 0 Å². The molecule has 0 saturated carbocycles. The first-order chi connectivity index (χ1) is 9.10. The van der Waals surface area contributed by atoms with Gasteiger partial charge in [-0.1, -0.05) is 23.7 Å². The molecular formula is C15H13ClFNO. The highest BCUT2D eigenvalue weighted by Crippen LogP contribution is 2.26. The molecule has 2 rings (SSSR count). The van der Waals surface area contributed by atoms with Crippen LogP contribution in [-0.2, 0) is 6.54 Å². The normalized spacial score (nSPS) is 10.3. The third kappa shape index (κ3) is 3.32. The number of nitrogens with zero attached hydrogens (tertiary/aromatic N) is 1. The van der Waals surface area contributed by atoms with E-state index in [4.69, 9.17) is 11.6 Å². The summed E-state index contributed by atoms with van der Waals surface area (Å²) in [5.41, 5.74) is 2.36. The lowest BCUT2D eigenvalue weighted by Crippen LogP contribution is -2.16.